The molecule has 0 spiro atoms. The standard InChI is InChI=1S/C15H30O3/c1-7-8-16-14(5)10-18-15(6)11-17-13(4)9-12(2)3/h7,12-15H,2,8-11H2,1,3-6H3. The second kappa shape index (κ2) is 10.8. The molecule has 108 valence electrons. The molecule has 0 aromatic carbocycles. The third kappa shape index (κ3) is 11.0. The van der Waals surface area contributed by atoms with Crippen LogP contribution in [0, 0.1) is 19.3 Å². The molecule has 3 heteroatoms. The molecule has 0 aromatic heterocycles. The van der Waals surface area contributed by atoms with E-state index in [1.807, 2.05) is 27.2 Å². The van der Waals surface area contributed by atoms with E-state index in [4.69, 9.17) is 14.2 Å². The summed E-state index contributed by atoms with van der Waals surface area (Å²) in [6.45, 7) is 16.1. The lowest BCUT2D eigenvalue weighted by Gasteiger charge is -2.20. The smallest absolute Gasteiger partial charge is 0.0781 e. The Kier molecular flexibility index (Phi) is 10.7. The fourth-order valence-corrected chi connectivity index (χ4v) is 1.59. The Hall–Kier alpha value is -0.120. The summed E-state index contributed by atoms with van der Waals surface area (Å²) in [5.41, 5.74) is 0. The van der Waals surface area contributed by atoms with Crippen molar-refractivity contribution >= 4 is 0 Å². The lowest BCUT2D eigenvalue weighted by Crippen LogP contribution is -2.25. The molecule has 0 aliphatic rings. The summed E-state index contributed by atoms with van der Waals surface area (Å²) in [6, 6.07) is 0. The lowest BCUT2D eigenvalue weighted by molar-refractivity contribution is -0.0672. The highest BCUT2D eigenvalue weighted by atomic mass is 16.6. The third-order valence-corrected chi connectivity index (χ3v) is 2.51. The van der Waals surface area contributed by atoms with Gasteiger partial charge in [-0.15, -0.1) is 0 Å². The van der Waals surface area contributed by atoms with Crippen molar-refractivity contribution in [3.05, 3.63) is 13.3 Å². The van der Waals surface area contributed by atoms with Crippen molar-refractivity contribution in [2.24, 2.45) is 5.92 Å². The predicted octanol–water partition coefficient (Wildman–Crippen LogP) is 3.29. The second-order valence-corrected chi connectivity index (χ2v) is 5.18. The van der Waals surface area contributed by atoms with E-state index in [9.17, 15) is 0 Å². The van der Waals surface area contributed by atoms with Crippen molar-refractivity contribution < 1.29 is 14.2 Å². The van der Waals surface area contributed by atoms with Crippen LogP contribution in [0.5, 0.6) is 0 Å². The van der Waals surface area contributed by atoms with Gasteiger partial charge in [-0.05, 0) is 39.5 Å². The van der Waals surface area contributed by atoms with Crippen LogP contribution < -0.4 is 0 Å². The Labute approximate surface area is 113 Å². The topological polar surface area (TPSA) is 27.7 Å². The van der Waals surface area contributed by atoms with Gasteiger partial charge in [0.15, 0.2) is 0 Å². The van der Waals surface area contributed by atoms with Gasteiger partial charge in [-0.2, -0.15) is 0 Å². The molecule has 0 aromatic rings. The molecule has 4 atom stereocenters. The molecular weight excluding hydrogens is 228 g/mol. The summed E-state index contributed by atoms with van der Waals surface area (Å²) >= 11 is 0. The summed E-state index contributed by atoms with van der Waals surface area (Å²) in [5.74, 6) is 0.426. The van der Waals surface area contributed by atoms with Crippen LogP contribution in [0.4, 0.5) is 0 Å². The zero-order valence-electron chi connectivity index (χ0n) is 12.6. The molecule has 0 aliphatic carbocycles. The van der Waals surface area contributed by atoms with Crippen LogP contribution in [0.3, 0.4) is 0 Å². The SMILES string of the molecule is [CH2]C(C)CC(C)OCC(C)OCC(C)OC[CH]C. The maximum absolute atomic E-state index is 5.72. The van der Waals surface area contributed by atoms with Crippen molar-refractivity contribution in [2.75, 3.05) is 19.8 Å². The van der Waals surface area contributed by atoms with Gasteiger partial charge in [-0.3, -0.25) is 0 Å². The van der Waals surface area contributed by atoms with E-state index in [0.29, 0.717) is 25.7 Å². The van der Waals surface area contributed by atoms with Crippen LogP contribution in [-0.4, -0.2) is 38.1 Å². The largest absolute Gasteiger partial charge is 0.376 e. The Bertz CT molecular complexity index is 183. The molecule has 0 saturated heterocycles. The minimum Gasteiger partial charge on any atom is -0.376 e. The third-order valence-electron chi connectivity index (χ3n) is 2.51. The van der Waals surface area contributed by atoms with E-state index in [1.165, 1.54) is 0 Å². The summed E-state index contributed by atoms with van der Waals surface area (Å²) < 4.78 is 16.9. The van der Waals surface area contributed by atoms with Gasteiger partial charge < -0.3 is 14.2 Å². The molecule has 0 fully saturated rings. The molecule has 0 amide bonds. The van der Waals surface area contributed by atoms with Gasteiger partial charge in [0.2, 0.25) is 0 Å². The van der Waals surface area contributed by atoms with Crippen molar-refractivity contribution in [1.29, 1.82) is 0 Å². The van der Waals surface area contributed by atoms with Gasteiger partial charge in [-0.1, -0.05) is 20.8 Å². The fourth-order valence-electron chi connectivity index (χ4n) is 1.59. The maximum atomic E-state index is 5.72. The Morgan fingerprint density at radius 3 is 1.89 bits per heavy atom. The van der Waals surface area contributed by atoms with Gasteiger partial charge in [-0.25, -0.2) is 0 Å². The highest BCUT2D eigenvalue weighted by molar-refractivity contribution is 4.61. The number of hydrogen-bond donors (Lipinski definition) is 0. The quantitative estimate of drug-likeness (QED) is 0.569. The Balaban J connectivity index is 3.55. The fraction of sp³-hybridized carbons (Fsp3) is 0.867. The molecule has 0 rings (SSSR count). The summed E-state index contributed by atoms with van der Waals surface area (Å²) in [6.07, 6.45) is 3.44. The molecule has 0 bridgehead atoms. The molecule has 4 unspecified atom stereocenters. The van der Waals surface area contributed by atoms with Gasteiger partial charge in [0.1, 0.15) is 0 Å². The minimum absolute atomic E-state index is 0.101. The summed E-state index contributed by atoms with van der Waals surface area (Å²) in [4.78, 5) is 0. The van der Waals surface area contributed by atoms with Crippen LogP contribution in [0.1, 0.15) is 41.0 Å². The average Bonchev–Trinajstić information content (AvgIpc) is 2.30. The normalized spacial score (nSPS) is 16.8. The number of ether oxygens (including phenoxy) is 3. The van der Waals surface area contributed by atoms with Gasteiger partial charge in [0, 0.05) is 6.61 Å². The summed E-state index contributed by atoms with van der Waals surface area (Å²) in [5, 5.41) is 0. The van der Waals surface area contributed by atoms with Crippen LogP contribution in [0.2, 0.25) is 0 Å². The van der Waals surface area contributed by atoms with Crippen LogP contribution in [0.25, 0.3) is 0 Å². The molecule has 0 saturated carbocycles. The maximum Gasteiger partial charge on any atom is 0.0781 e. The van der Waals surface area contributed by atoms with E-state index in [2.05, 4.69) is 20.8 Å². The molecule has 3 nitrogen and oxygen atoms in total. The minimum atomic E-state index is 0.101. The predicted molar refractivity (Wildman–Crippen MR) is 75.4 cm³/mol. The van der Waals surface area contributed by atoms with Crippen LogP contribution in [-0.2, 0) is 14.2 Å². The van der Waals surface area contributed by atoms with Crippen LogP contribution in [0.15, 0.2) is 0 Å². The Morgan fingerprint density at radius 1 is 0.889 bits per heavy atom. The van der Waals surface area contributed by atoms with Gasteiger partial charge >= 0.3 is 0 Å². The first-order valence-electron chi connectivity index (χ1n) is 6.91. The zero-order chi connectivity index (χ0) is 14.0. The van der Waals surface area contributed by atoms with E-state index in [0.717, 1.165) is 6.42 Å². The molecule has 18 heavy (non-hydrogen) atoms. The first kappa shape index (κ1) is 17.9. The van der Waals surface area contributed by atoms with E-state index in [-0.39, 0.29) is 18.3 Å². The molecule has 0 heterocycles. The van der Waals surface area contributed by atoms with E-state index < -0.39 is 0 Å². The van der Waals surface area contributed by atoms with E-state index in [1.54, 1.807) is 0 Å². The summed E-state index contributed by atoms with van der Waals surface area (Å²) in [7, 11) is 0. The Morgan fingerprint density at radius 2 is 1.39 bits per heavy atom. The van der Waals surface area contributed by atoms with Gasteiger partial charge in [0.05, 0.1) is 31.5 Å². The molecular formula is C15H30O3. The number of rotatable bonds is 11. The van der Waals surface area contributed by atoms with Crippen molar-refractivity contribution in [3.63, 3.8) is 0 Å². The molecule has 0 aliphatic heterocycles. The average molecular weight is 258 g/mol. The number of hydrogen-bond acceptors (Lipinski definition) is 3. The second-order valence-electron chi connectivity index (χ2n) is 5.18. The van der Waals surface area contributed by atoms with Crippen molar-refractivity contribution in [1.82, 2.24) is 0 Å². The monoisotopic (exact) mass is 258 g/mol. The van der Waals surface area contributed by atoms with Crippen LogP contribution >= 0.6 is 0 Å². The van der Waals surface area contributed by atoms with Crippen molar-refractivity contribution in [3.8, 4) is 0 Å². The molecule has 2 radical (unpaired) electrons. The highest BCUT2D eigenvalue weighted by Gasteiger charge is 2.10. The zero-order valence-corrected chi connectivity index (χ0v) is 12.6. The first-order chi connectivity index (χ1) is 8.45. The highest BCUT2D eigenvalue weighted by Crippen LogP contribution is 2.08. The first-order valence-corrected chi connectivity index (χ1v) is 6.91. The van der Waals surface area contributed by atoms with Gasteiger partial charge in [0.25, 0.3) is 0 Å². The van der Waals surface area contributed by atoms with Crippen molar-refractivity contribution in [2.45, 2.75) is 59.4 Å². The molecule has 0 N–H and O–H groups in total. The lowest BCUT2D eigenvalue weighted by atomic mass is 10.1. The van der Waals surface area contributed by atoms with E-state index >= 15 is 0 Å².